The number of halogens is 6. The fourth-order valence-corrected chi connectivity index (χ4v) is 1.23. The van der Waals surface area contributed by atoms with Crippen LogP contribution in [0.3, 0.4) is 0 Å². The van der Waals surface area contributed by atoms with E-state index >= 15 is 0 Å². The predicted octanol–water partition coefficient (Wildman–Crippen LogP) is 2.18. The molecule has 0 aromatic heterocycles. The number of hydrogen-bond donors (Lipinski definition) is 1. The Balaban J connectivity index is 0. The van der Waals surface area contributed by atoms with Gasteiger partial charge in [0, 0.05) is 16.5 Å². The van der Waals surface area contributed by atoms with Gasteiger partial charge in [-0.15, -0.1) is 0 Å². The minimum atomic E-state index is -5.77. The molecule has 0 radical (unpaired) electrons. The van der Waals surface area contributed by atoms with E-state index < -0.39 is 24.0 Å². The molecule has 108 valence electrons. The summed E-state index contributed by atoms with van der Waals surface area (Å²) in [5.74, 6) is 0. The summed E-state index contributed by atoms with van der Waals surface area (Å²) in [6, 6.07) is -2.11. The molecule has 0 aromatic rings. The molecular formula is C8H13F6NNiO. The maximum atomic E-state index is 12.4. The van der Waals surface area contributed by atoms with E-state index in [1.54, 1.807) is 0 Å². The van der Waals surface area contributed by atoms with Crippen LogP contribution >= 0.6 is 0 Å². The van der Waals surface area contributed by atoms with Crippen LogP contribution in [-0.4, -0.2) is 47.6 Å². The van der Waals surface area contributed by atoms with Gasteiger partial charge in [0.15, 0.2) is 0 Å². The van der Waals surface area contributed by atoms with Crippen molar-refractivity contribution in [1.82, 2.24) is 4.90 Å². The Labute approximate surface area is 105 Å². The molecule has 0 fully saturated rings. The molecular weight excluding hydrogens is 299 g/mol. The van der Waals surface area contributed by atoms with E-state index in [1.165, 1.54) is 6.92 Å². The summed E-state index contributed by atoms with van der Waals surface area (Å²) in [6.45, 7) is 2.03. The quantitative estimate of drug-likeness (QED) is 0.638. The molecule has 0 amide bonds. The summed E-state index contributed by atoms with van der Waals surface area (Å²) >= 11 is 0. The van der Waals surface area contributed by atoms with Gasteiger partial charge in [-0.05, 0) is 20.5 Å². The smallest absolute Gasteiger partial charge is 0.372 e. The monoisotopic (exact) mass is 311 g/mol. The molecule has 0 rings (SSSR count). The van der Waals surface area contributed by atoms with Crippen LogP contribution in [0.2, 0.25) is 0 Å². The summed E-state index contributed by atoms with van der Waals surface area (Å²) in [5.41, 5.74) is -4.72. The maximum Gasteiger partial charge on any atom is 0.427 e. The number of rotatable bonds is 3. The van der Waals surface area contributed by atoms with Crippen molar-refractivity contribution >= 4 is 0 Å². The van der Waals surface area contributed by atoms with E-state index in [2.05, 4.69) is 0 Å². The Morgan fingerprint density at radius 1 is 1.06 bits per heavy atom. The Hall–Kier alpha value is -0.00649. The fraction of sp³-hybridized carbons (Fsp3) is 1.00. The van der Waals surface area contributed by atoms with E-state index in [0.717, 1.165) is 11.9 Å². The predicted molar refractivity (Wildman–Crippen MR) is 44.8 cm³/mol. The van der Waals surface area contributed by atoms with Gasteiger partial charge in [-0.2, -0.15) is 26.3 Å². The Morgan fingerprint density at radius 2 is 1.35 bits per heavy atom. The second-order valence-electron chi connectivity index (χ2n) is 3.51. The first-order valence-corrected chi connectivity index (χ1v) is 4.45. The second kappa shape index (κ2) is 5.76. The van der Waals surface area contributed by atoms with E-state index in [9.17, 15) is 26.3 Å². The Bertz CT molecular complexity index is 227. The van der Waals surface area contributed by atoms with Crippen molar-refractivity contribution in [2.24, 2.45) is 0 Å². The number of aliphatic hydroxyl groups is 1. The fourth-order valence-electron chi connectivity index (χ4n) is 1.23. The third kappa shape index (κ3) is 3.48. The van der Waals surface area contributed by atoms with Gasteiger partial charge in [-0.1, -0.05) is 6.92 Å². The van der Waals surface area contributed by atoms with Gasteiger partial charge in [0.25, 0.3) is 5.60 Å². The van der Waals surface area contributed by atoms with Gasteiger partial charge in [0.2, 0.25) is 0 Å². The van der Waals surface area contributed by atoms with Gasteiger partial charge in [0.1, 0.15) is 0 Å². The minimum absolute atomic E-state index is 0. The topological polar surface area (TPSA) is 23.5 Å². The molecule has 0 spiro atoms. The number of alkyl halides is 6. The number of likely N-dealkylation sites (N-methyl/N-ethyl adjacent to an activating group) is 1. The van der Waals surface area contributed by atoms with Crippen molar-refractivity contribution in [3.05, 3.63) is 0 Å². The molecule has 0 saturated carbocycles. The van der Waals surface area contributed by atoms with E-state index in [0.29, 0.717) is 6.92 Å². The van der Waals surface area contributed by atoms with Crippen LogP contribution in [0.4, 0.5) is 26.3 Å². The van der Waals surface area contributed by atoms with E-state index in [4.69, 9.17) is 5.11 Å². The first kappa shape index (κ1) is 19.3. The number of nitrogens with zero attached hydrogens (tertiary/aromatic N) is 1. The summed E-state index contributed by atoms with van der Waals surface area (Å²) in [4.78, 5) is 0.779. The van der Waals surface area contributed by atoms with E-state index in [1.807, 2.05) is 0 Å². The van der Waals surface area contributed by atoms with Gasteiger partial charge in [-0.25, -0.2) is 0 Å². The van der Waals surface area contributed by atoms with Crippen molar-refractivity contribution in [2.75, 3.05) is 13.6 Å². The summed E-state index contributed by atoms with van der Waals surface area (Å²) < 4.78 is 74.1. The molecule has 1 unspecified atom stereocenters. The zero-order valence-corrected chi connectivity index (χ0v) is 10.3. The Kier molecular flexibility index (Phi) is 6.55. The van der Waals surface area contributed by atoms with Crippen molar-refractivity contribution < 1.29 is 47.9 Å². The van der Waals surface area contributed by atoms with Crippen molar-refractivity contribution in [1.29, 1.82) is 0 Å². The third-order valence-corrected chi connectivity index (χ3v) is 2.63. The molecule has 0 heterocycles. The van der Waals surface area contributed by atoms with Gasteiger partial charge in [0.05, 0.1) is 6.04 Å². The average Bonchev–Trinajstić information content (AvgIpc) is 2.10. The van der Waals surface area contributed by atoms with Gasteiger partial charge >= 0.3 is 12.4 Å². The SMILES string of the molecule is CCN(C)C(C)C(O)(C(F)(F)F)C(F)(F)F.[Ni]. The molecule has 0 aliphatic rings. The standard InChI is InChI=1S/C8H13F6NO.Ni/c1-4-15(3)5(2)6(16,7(9,10)11)8(12,13)14;/h5,16H,4H2,1-3H3;. The third-order valence-electron chi connectivity index (χ3n) is 2.63. The molecule has 0 saturated heterocycles. The molecule has 0 aliphatic carbocycles. The first-order chi connectivity index (χ1) is 6.89. The van der Waals surface area contributed by atoms with Crippen LogP contribution in [0.1, 0.15) is 13.8 Å². The normalized spacial score (nSPS) is 15.7. The molecule has 1 atom stereocenters. The molecule has 0 aromatic carbocycles. The summed E-state index contributed by atoms with van der Waals surface area (Å²) in [5, 5.41) is 8.96. The minimum Gasteiger partial charge on any atom is -0.372 e. The van der Waals surface area contributed by atoms with Crippen LogP contribution in [0, 0.1) is 0 Å². The summed E-state index contributed by atoms with van der Waals surface area (Å²) in [7, 11) is 1.08. The average molecular weight is 312 g/mol. The molecule has 9 heteroatoms. The van der Waals surface area contributed by atoms with Crippen molar-refractivity contribution in [3.8, 4) is 0 Å². The van der Waals surface area contributed by atoms with Gasteiger partial charge in [-0.3, -0.25) is 0 Å². The molecule has 17 heavy (non-hydrogen) atoms. The van der Waals surface area contributed by atoms with Crippen LogP contribution in [-0.2, 0) is 16.5 Å². The Morgan fingerprint density at radius 3 is 1.53 bits per heavy atom. The van der Waals surface area contributed by atoms with Crippen LogP contribution in [0.5, 0.6) is 0 Å². The van der Waals surface area contributed by atoms with Crippen molar-refractivity contribution in [3.63, 3.8) is 0 Å². The van der Waals surface area contributed by atoms with Crippen LogP contribution < -0.4 is 0 Å². The zero-order chi connectivity index (χ0) is 13.4. The van der Waals surface area contributed by atoms with E-state index in [-0.39, 0.29) is 23.0 Å². The number of hydrogen-bond acceptors (Lipinski definition) is 2. The first-order valence-electron chi connectivity index (χ1n) is 4.45. The second-order valence-corrected chi connectivity index (χ2v) is 3.51. The maximum absolute atomic E-state index is 12.4. The van der Waals surface area contributed by atoms with Crippen LogP contribution in [0.25, 0.3) is 0 Å². The molecule has 0 aliphatic heterocycles. The van der Waals surface area contributed by atoms with Gasteiger partial charge < -0.3 is 10.0 Å². The molecule has 1 N–H and O–H groups in total. The van der Waals surface area contributed by atoms with Crippen molar-refractivity contribution in [2.45, 2.75) is 37.8 Å². The largest absolute Gasteiger partial charge is 0.427 e. The molecule has 2 nitrogen and oxygen atoms in total. The van der Waals surface area contributed by atoms with Crippen LogP contribution in [0.15, 0.2) is 0 Å². The summed E-state index contributed by atoms with van der Waals surface area (Å²) in [6.07, 6.45) is -11.5. The molecule has 0 bridgehead atoms. The zero-order valence-electron chi connectivity index (χ0n) is 9.26.